The van der Waals surface area contributed by atoms with Crippen molar-refractivity contribution >= 4 is 34.8 Å². The molecule has 1 aliphatic carbocycles. The van der Waals surface area contributed by atoms with Crippen molar-refractivity contribution in [2.75, 3.05) is 0 Å². The van der Waals surface area contributed by atoms with Gasteiger partial charge in [-0.05, 0) is 37.3 Å². The Morgan fingerprint density at radius 1 is 1.19 bits per heavy atom. The van der Waals surface area contributed by atoms with Gasteiger partial charge >= 0.3 is 12.8 Å². The maximum atomic E-state index is 13.3. The smallest absolute Gasteiger partial charge is 0.423 e. The average Bonchev–Trinajstić information content (AvgIpc) is 3.46. The van der Waals surface area contributed by atoms with Crippen molar-refractivity contribution in [3.63, 3.8) is 0 Å². The van der Waals surface area contributed by atoms with Crippen LogP contribution in [-0.4, -0.2) is 45.8 Å². The number of nitrogens with zero attached hydrogens (tertiary/aromatic N) is 6. The molecule has 1 aliphatic rings. The van der Waals surface area contributed by atoms with Gasteiger partial charge in [0.05, 0.1) is 23.8 Å². The second-order valence-electron chi connectivity index (χ2n) is 8.68. The number of aromatic nitrogens is 6. The lowest BCUT2D eigenvalue weighted by Crippen LogP contribution is -2.30. The number of rotatable bonds is 7. The summed E-state index contributed by atoms with van der Waals surface area (Å²) in [7, 11) is -1.61. The lowest BCUT2D eigenvalue weighted by Gasteiger charge is -2.11. The van der Waals surface area contributed by atoms with E-state index in [2.05, 4.69) is 23.8 Å². The van der Waals surface area contributed by atoms with Crippen molar-refractivity contribution in [3.05, 3.63) is 47.0 Å². The van der Waals surface area contributed by atoms with Gasteiger partial charge in [-0.1, -0.05) is 13.8 Å². The minimum Gasteiger partial charge on any atom is -0.423 e. The van der Waals surface area contributed by atoms with Gasteiger partial charge in [0.25, 0.3) is 0 Å². The van der Waals surface area contributed by atoms with Crippen molar-refractivity contribution in [1.82, 2.24) is 28.7 Å². The molecule has 0 bridgehead atoms. The SMILES string of the molecule is CC(C)CCn1c(Cn2c(=O)n(C3CC3)c3ccncc32)nc2cc(B(O)O)cnc21. The number of hydrogen-bond acceptors (Lipinski definition) is 6. The van der Waals surface area contributed by atoms with E-state index in [1.807, 2.05) is 15.2 Å². The van der Waals surface area contributed by atoms with Crippen LogP contribution < -0.4 is 11.2 Å². The van der Waals surface area contributed by atoms with E-state index in [-0.39, 0.29) is 11.7 Å². The van der Waals surface area contributed by atoms with Crippen LogP contribution in [0, 0.1) is 5.92 Å². The van der Waals surface area contributed by atoms with Crippen molar-refractivity contribution < 1.29 is 10.0 Å². The highest BCUT2D eigenvalue weighted by molar-refractivity contribution is 6.58. The van der Waals surface area contributed by atoms with Gasteiger partial charge in [0.15, 0.2) is 5.65 Å². The van der Waals surface area contributed by atoms with Crippen molar-refractivity contribution in [1.29, 1.82) is 0 Å². The highest BCUT2D eigenvalue weighted by atomic mass is 16.4. The summed E-state index contributed by atoms with van der Waals surface area (Å²) in [5.74, 6) is 1.21. The second-order valence-corrected chi connectivity index (χ2v) is 8.68. The summed E-state index contributed by atoms with van der Waals surface area (Å²) >= 11 is 0. The van der Waals surface area contributed by atoms with Crippen LogP contribution in [0.25, 0.3) is 22.2 Å². The highest BCUT2D eigenvalue weighted by Crippen LogP contribution is 2.36. The van der Waals surface area contributed by atoms with E-state index >= 15 is 0 Å². The molecule has 5 rings (SSSR count). The van der Waals surface area contributed by atoms with Gasteiger partial charge in [0.1, 0.15) is 11.3 Å². The minimum atomic E-state index is -1.61. The Balaban J connectivity index is 1.64. The molecule has 0 unspecified atom stereocenters. The summed E-state index contributed by atoms with van der Waals surface area (Å²) in [5.41, 5.74) is 3.20. The van der Waals surface area contributed by atoms with Crippen LogP contribution in [0.15, 0.2) is 35.5 Å². The molecule has 0 aliphatic heterocycles. The number of hydrogen-bond donors (Lipinski definition) is 2. The van der Waals surface area contributed by atoms with Crippen LogP contribution >= 0.6 is 0 Å². The maximum absolute atomic E-state index is 13.3. The first kappa shape index (κ1) is 20.0. The zero-order valence-corrected chi connectivity index (χ0v) is 17.6. The van der Waals surface area contributed by atoms with Crippen molar-refractivity contribution in [3.8, 4) is 0 Å². The summed E-state index contributed by atoms with van der Waals surface area (Å²) in [5, 5.41) is 19.0. The zero-order chi connectivity index (χ0) is 21.7. The van der Waals surface area contributed by atoms with Crippen LogP contribution in [0.4, 0.5) is 0 Å². The van der Waals surface area contributed by atoms with Crippen LogP contribution in [-0.2, 0) is 13.1 Å². The van der Waals surface area contributed by atoms with Gasteiger partial charge in [-0.3, -0.25) is 14.1 Å². The molecule has 9 nitrogen and oxygen atoms in total. The zero-order valence-electron chi connectivity index (χ0n) is 17.6. The van der Waals surface area contributed by atoms with Gasteiger partial charge in [-0.15, -0.1) is 0 Å². The maximum Gasteiger partial charge on any atom is 0.490 e. The molecule has 31 heavy (non-hydrogen) atoms. The first-order chi connectivity index (χ1) is 14.9. The van der Waals surface area contributed by atoms with E-state index < -0.39 is 7.12 Å². The monoisotopic (exact) mass is 420 g/mol. The molecular weight excluding hydrogens is 395 g/mol. The first-order valence-corrected chi connectivity index (χ1v) is 10.7. The Labute approximate surface area is 179 Å². The molecule has 4 aromatic rings. The fourth-order valence-corrected chi connectivity index (χ4v) is 4.06. The van der Waals surface area contributed by atoms with E-state index in [0.717, 1.165) is 30.3 Å². The molecule has 0 amide bonds. The van der Waals surface area contributed by atoms with E-state index in [1.165, 1.54) is 6.20 Å². The Hall–Kier alpha value is -2.98. The summed E-state index contributed by atoms with van der Waals surface area (Å²) in [6.45, 7) is 5.33. The fourth-order valence-electron chi connectivity index (χ4n) is 4.06. The molecule has 0 spiro atoms. The van der Waals surface area contributed by atoms with Gasteiger partial charge in [0, 0.05) is 30.4 Å². The molecule has 0 radical (unpaired) electrons. The number of aryl methyl sites for hydroxylation is 1. The number of pyridine rings is 2. The minimum absolute atomic E-state index is 0.0487. The molecule has 10 heteroatoms. The Kier molecular flexibility index (Phi) is 4.90. The van der Waals surface area contributed by atoms with Gasteiger partial charge in [-0.25, -0.2) is 14.8 Å². The van der Waals surface area contributed by atoms with Crippen LogP contribution in [0.5, 0.6) is 0 Å². The van der Waals surface area contributed by atoms with Gasteiger partial charge in [0.2, 0.25) is 0 Å². The Morgan fingerprint density at radius 3 is 2.71 bits per heavy atom. The Bertz CT molecular complexity index is 1320. The van der Waals surface area contributed by atoms with E-state index in [0.29, 0.717) is 41.5 Å². The topological polar surface area (TPSA) is 111 Å². The molecule has 0 aromatic carbocycles. The summed E-state index contributed by atoms with van der Waals surface area (Å²) < 4.78 is 5.64. The Morgan fingerprint density at radius 2 is 2.00 bits per heavy atom. The van der Waals surface area contributed by atoms with Crippen LogP contribution in [0.1, 0.15) is 45.0 Å². The molecule has 2 N–H and O–H groups in total. The predicted octanol–water partition coefficient (Wildman–Crippen LogP) is 1.05. The largest absolute Gasteiger partial charge is 0.490 e. The molecule has 1 saturated carbocycles. The lowest BCUT2D eigenvalue weighted by molar-refractivity contribution is 0.425. The highest BCUT2D eigenvalue weighted by Gasteiger charge is 2.29. The van der Waals surface area contributed by atoms with Crippen molar-refractivity contribution in [2.45, 2.75) is 52.2 Å². The molecule has 4 aromatic heterocycles. The van der Waals surface area contributed by atoms with Crippen molar-refractivity contribution in [2.24, 2.45) is 5.92 Å². The lowest BCUT2D eigenvalue weighted by atomic mass is 9.82. The standard InChI is InChI=1S/C21H25BN6O3/c1-13(2)6-8-26-19(25-16-9-14(22(30)31)10-24-20(16)26)12-27-18-11-23-7-5-17(18)28(21(27)29)15-3-4-15/h5,7,9-11,13,15,30-31H,3-4,6,8,12H2,1-2H3. The van der Waals surface area contributed by atoms with Crippen LogP contribution in [0.3, 0.4) is 0 Å². The molecule has 0 saturated heterocycles. The molecular formula is C21H25BN6O3. The van der Waals surface area contributed by atoms with E-state index in [9.17, 15) is 14.8 Å². The first-order valence-electron chi connectivity index (χ1n) is 10.7. The fraction of sp³-hybridized carbons (Fsp3) is 0.429. The van der Waals surface area contributed by atoms with E-state index in [4.69, 9.17) is 4.98 Å². The third-order valence-electron chi connectivity index (χ3n) is 5.89. The number of fused-ring (bicyclic) bond motifs is 2. The third kappa shape index (κ3) is 3.55. The third-order valence-corrected chi connectivity index (χ3v) is 5.89. The molecule has 1 fully saturated rings. The number of imidazole rings is 2. The molecule has 0 atom stereocenters. The quantitative estimate of drug-likeness (QED) is 0.433. The normalized spacial score (nSPS) is 14.2. The summed E-state index contributed by atoms with van der Waals surface area (Å²) in [6.07, 6.45) is 7.88. The summed E-state index contributed by atoms with van der Waals surface area (Å²) in [6, 6.07) is 3.79. The van der Waals surface area contributed by atoms with Gasteiger partial charge in [-0.2, -0.15) is 0 Å². The molecule has 4 heterocycles. The summed E-state index contributed by atoms with van der Waals surface area (Å²) in [4.78, 5) is 26.7. The van der Waals surface area contributed by atoms with Crippen LogP contribution in [0.2, 0.25) is 0 Å². The predicted molar refractivity (Wildman–Crippen MR) is 118 cm³/mol. The molecule has 160 valence electrons. The average molecular weight is 420 g/mol. The van der Waals surface area contributed by atoms with Gasteiger partial charge < -0.3 is 14.6 Å². The van der Waals surface area contributed by atoms with E-state index in [1.54, 1.807) is 23.0 Å². The second kappa shape index (κ2) is 7.62.